The van der Waals surface area contributed by atoms with Gasteiger partial charge in [-0.05, 0) is 54.5 Å². The first-order chi connectivity index (χ1) is 13.7. The predicted molar refractivity (Wildman–Crippen MR) is 119 cm³/mol. The van der Waals surface area contributed by atoms with Crippen LogP contribution >= 0.6 is 23.8 Å². The highest BCUT2D eigenvalue weighted by Gasteiger charge is 2.15. The van der Waals surface area contributed by atoms with Gasteiger partial charge in [-0.25, -0.2) is 0 Å². The second kappa shape index (κ2) is 10.1. The Labute approximate surface area is 176 Å². The van der Waals surface area contributed by atoms with Gasteiger partial charge in [-0.2, -0.15) is 0 Å². The summed E-state index contributed by atoms with van der Waals surface area (Å²) in [5.41, 5.74) is 2.91. The Morgan fingerprint density at radius 2 is 1.86 bits per heavy atom. The van der Waals surface area contributed by atoms with Crippen LogP contribution in [0.4, 0.5) is 5.69 Å². The number of anilines is 1. The summed E-state index contributed by atoms with van der Waals surface area (Å²) in [4.78, 5) is 6.27. The van der Waals surface area contributed by atoms with E-state index < -0.39 is 0 Å². The van der Waals surface area contributed by atoms with Gasteiger partial charge < -0.3 is 15.0 Å². The van der Waals surface area contributed by atoms with Crippen molar-refractivity contribution in [2.45, 2.75) is 20.0 Å². The lowest BCUT2D eigenvalue weighted by Gasteiger charge is -2.27. The fourth-order valence-corrected chi connectivity index (χ4v) is 3.22. The number of para-hydroxylation sites is 2. The van der Waals surface area contributed by atoms with E-state index in [1.165, 1.54) is 0 Å². The van der Waals surface area contributed by atoms with Crippen LogP contribution in [0, 0.1) is 0 Å². The molecule has 0 aliphatic heterocycles. The summed E-state index contributed by atoms with van der Waals surface area (Å²) in [6.45, 7) is 3.74. The first kappa shape index (κ1) is 20.1. The van der Waals surface area contributed by atoms with Gasteiger partial charge in [-0.3, -0.25) is 4.98 Å². The minimum Gasteiger partial charge on any atom is -0.492 e. The number of pyridine rings is 1. The Bertz CT molecular complexity index is 920. The first-order valence-electron chi connectivity index (χ1n) is 9.07. The zero-order chi connectivity index (χ0) is 19.8. The van der Waals surface area contributed by atoms with Crippen LogP contribution < -0.4 is 10.1 Å². The molecule has 0 bridgehead atoms. The van der Waals surface area contributed by atoms with E-state index >= 15 is 0 Å². The minimum absolute atomic E-state index is 0.581. The number of hydrogen-bond donors (Lipinski definition) is 1. The molecule has 0 fully saturated rings. The van der Waals surface area contributed by atoms with Crippen LogP contribution in [0.1, 0.15) is 18.1 Å². The van der Waals surface area contributed by atoms with Crippen molar-refractivity contribution >= 4 is 34.6 Å². The van der Waals surface area contributed by atoms with E-state index in [4.69, 9.17) is 28.6 Å². The maximum absolute atomic E-state index is 6.38. The Morgan fingerprint density at radius 1 is 1.07 bits per heavy atom. The van der Waals surface area contributed by atoms with E-state index in [2.05, 4.69) is 15.2 Å². The normalized spacial score (nSPS) is 10.4. The molecule has 3 rings (SSSR count). The number of nitrogens with zero attached hydrogens (tertiary/aromatic N) is 2. The standard InChI is InChI=1S/C22H22ClN3OS/c1-2-27-21-12-6-5-11-20(21)25-22(28)26(15-17-8-7-13-24-14-17)16-18-9-3-4-10-19(18)23/h3-14H,2,15-16H2,1H3,(H,25,28). The molecule has 4 nitrogen and oxygen atoms in total. The number of thiocarbonyl (C=S) groups is 1. The molecule has 0 aliphatic carbocycles. The van der Waals surface area contributed by atoms with Crippen molar-refractivity contribution in [3.05, 3.63) is 89.2 Å². The molecule has 0 atom stereocenters. The van der Waals surface area contributed by atoms with Crippen LogP contribution in [0.3, 0.4) is 0 Å². The summed E-state index contributed by atoms with van der Waals surface area (Å²) >= 11 is 12.1. The second-order valence-corrected chi connectivity index (χ2v) is 6.96. The Kier molecular flexibility index (Phi) is 7.23. The third kappa shape index (κ3) is 5.44. The van der Waals surface area contributed by atoms with Gasteiger partial charge in [0.25, 0.3) is 0 Å². The van der Waals surface area contributed by atoms with Crippen molar-refractivity contribution in [1.29, 1.82) is 0 Å². The average Bonchev–Trinajstić information content (AvgIpc) is 2.71. The SMILES string of the molecule is CCOc1ccccc1NC(=S)N(Cc1cccnc1)Cc1ccccc1Cl. The summed E-state index contributed by atoms with van der Waals surface area (Å²) in [5, 5.41) is 4.64. The van der Waals surface area contributed by atoms with Gasteiger partial charge in [0.15, 0.2) is 5.11 Å². The van der Waals surface area contributed by atoms with Crippen LogP contribution in [0.2, 0.25) is 5.02 Å². The molecule has 1 aromatic heterocycles. The van der Waals surface area contributed by atoms with Gasteiger partial charge >= 0.3 is 0 Å². The Morgan fingerprint density at radius 3 is 2.61 bits per heavy atom. The fraction of sp³-hybridized carbons (Fsp3) is 0.182. The molecule has 0 radical (unpaired) electrons. The van der Waals surface area contributed by atoms with E-state index in [1.807, 2.05) is 73.8 Å². The number of nitrogens with one attached hydrogen (secondary N) is 1. The molecule has 0 aliphatic rings. The van der Waals surface area contributed by atoms with E-state index in [0.29, 0.717) is 24.8 Å². The molecule has 0 saturated heterocycles. The molecule has 2 aromatic carbocycles. The first-order valence-corrected chi connectivity index (χ1v) is 9.86. The van der Waals surface area contributed by atoms with E-state index in [0.717, 1.165) is 27.6 Å². The van der Waals surface area contributed by atoms with Crippen molar-refractivity contribution < 1.29 is 4.74 Å². The molecule has 1 heterocycles. The van der Waals surface area contributed by atoms with Crippen molar-refractivity contribution in [2.24, 2.45) is 0 Å². The molecule has 28 heavy (non-hydrogen) atoms. The summed E-state index contributed by atoms with van der Waals surface area (Å²) in [6.07, 6.45) is 3.60. The summed E-state index contributed by atoms with van der Waals surface area (Å²) in [7, 11) is 0. The van der Waals surface area contributed by atoms with E-state index in [-0.39, 0.29) is 0 Å². The Hall–Kier alpha value is -2.63. The number of rotatable bonds is 7. The molecule has 0 saturated carbocycles. The number of benzene rings is 2. The largest absolute Gasteiger partial charge is 0.492 e. The van der Waals surface area contributed by atoms with Gasteiger partial charge in [0.1, 0.15) is 5.75 Å². The minimum atomic E-state index is 0.581. The zero-order valence-electron chi connectivity index (χ0n) is 15.6. The highest BCUT2D eigenvalue weighted by molar-refractivity contribution is 7.80. The van der Waals surface area contributed by atoms with Crippen molar-refractivity contribution in [3.8, 4) is 5.75 Å². The quantitative estimate of drug-likeness (QED) is 0.517. The van der Waals surface area contributed by atoms with Gasteiger partial charge in [0.05, 0.1) is 12.3 Å². The topological polar surface area (TPSA) is 37.4 Å². The van der Waals surface area contributed by atoms with Crippen molar-refractivity contribution in [3.63, 3.8) is 0 Å². The van der Waals surface area contributed by atoms with Crippen LogP contribution in [0.15, 0.2) is 73.1 Å². The van der Waals surface area contributed by atoms with E-state index in [1.54, 1.807) is 6.20 Å². The van der Waals surface area contributed by atoms with Crippen LogP contribution in [0.5, 0.6) is 5.75 Å². The number of halogens is 1. The van der Waals surface area contributed by atoms with Crippen LogP contribution in [-0.2, 0) is 13.1 Å². The number of ether oxygens (including phenoxy) is 1. The van der Waals surface area contributed by atoms with Gasteiger partial charge in [0.2, 0.25) is 0 Å². The molecule has 144 valence electrons. The molecular formula is C22H22ClN3OS. The molecular weight excluding hydrogens is 390 g/mol. The summed E-state index contributed by atoms with van der Waals surface area (Å²) in [6, 6.07) is 19.5. The third-order valence-corrected chi connectivity index (χ3v) is 4.86. The molecule has 0 amide bonds. The lowest BCUT2D eigenvalue weighted by molar-refractivity contribution is 0.342. The lowest BCUT2D eigenvalue weighted by Crippen LogP contribution is -2.34. The smallest absolute Gasteiger partial charge is 0.174 e. The molecule has 6 heteroatoms. The summed E-state index contributed by atoms with van der Waals surface area (Å²) < 4.78 is 5.70. The fourth-order valence-electron chi connectivity index (χ4n) is 2.79. The van der Waals surface area contributed by atoms with E-state index in [9.17, 15) is 0 Å². The van der Waals surface area contributed by atoms with Crippen molar-refractivity contribution in [2.75, 3.05) is 11.9 Å². The van der Waals surface area contributed by atoms with Crippen LogP contribution in [0.25, 0.3) is 0 Å². The lowest BCUT2D eigenvalue weighted by atomic mass is 10.2. The molecule has 3 aromatic rings. The molecule has 0 unspecified atom stereocenters. The van der Waals surface area contributed by atoms with Gasteiger partial charge in [-0.15, -0.1) is 0 Å². The Balaban J connectivity index is 1.83. The maximum atomic E-state index is 6.38. The number of aromatic nitrogens is 1. The van der Waals surface area contributed by atoms with Crippen molar-refractivity contribution in [1.82, 2.24) is 9.88 Å². The predicted octanol–water partition coefficient (Wildman–Crippen LogP) is 5.53. The second-order valence-electron chi connectivity index (χ2n) is 6.17. The number of hydrogen-bond acceptors (Lipinski definition) is 3. The maximum Gasteiger partial charge on any atom is 0.174 e. The van der Waals surface area contributed by atoms with Crippen LogP contribution in [-0.4, -0.2) is 21.6 Å². The monoisotopic (exact) mass is 411 g/mol. The highest BCUT2D eigenvalue weighted by atomic mass is 35.5. The van der Waals surface area contributed by atoms with Gasteiger partial charge in [0, 0.05) is 30.5 Å². The molecule has 1 N–H and O–H groups in total. The van der Waals surface area contributed by atoms with Gasteiger partial charge in [-0.1, -0.05) is 48.0 Å². The third-order valence-electron chi connectivity index (χ3n) is 4.13. The zero-order valence-corrected chi connectivity index (χ0v) is 17.2. The highest BCUT2D eigenvalue weighted by Crippen LogP contribution is 2.25. The summed E-state index contributed by atoms with van der Waals surface area (Å²) in [5.74, 6) is 0.770. The average molecular weight is 412 g/mol. The molecule has 0 spiro atoms.